The molecule has 3 N–H and O–H groups in total. The number of aromatic carboxylic acids is 1. The molecule has 1 aromatic heterocycles. The Hall–Kier alpha value is -4.42. The second-order valence-corrected chi connectivity index (χ2v) is 7.28. The molecule has 0 spiro atoms. The second-order valence-electron chi connectivity index (χ2n) is 7.28. The minimum Gasteiger partial charge on any atom is -0.478 e. The van der Waals surface area contributed by atoms with Crippen LogP contribution in [0.2, 0.25) is 0 Å². The Kier molecular flexibility index (Phi) is 6.17. The summed E-state index contributed by atoms with van der Waals surface area (Å²) < 4.78 is 39.8. The van der Waals surface area contributed by atoms with Gasteiger partial charge in [0.2, 0.25) is 0 Å². The van der Waals surface area contributed by atoms with E-state index in [0.29, 0.717) is 22.5 Å². The average molecular weight is 462 g/mol. The zero-order valence-corrected chi connectivity index (χ0v) is 17.5. The number of carbonyl (C=O) groups is 1. The molecule has 0 saturated carbocycles. The summed E-state index contributed by atoms with van der Waals surface area (Å²) in [5, 5.41) is 17.6. The Bertz CT molecular complexity index is 1400. The summed E-state index contributed by atoms with van der Waals surface area (Å²) in [6.07, 6.45) is -2.90. The van der Waals surface area contributed by atoms with Gasteiger partial charge in [-0.3, -0.25) is 0 Å². The molecule has 3 aromatic carbocycles. The Labute approximate surface area is 192 Å². The maximum absolute atomic E-state index is 12.8. The maximum atomic E-state index is 12.8. The molecule has 0 saturated heterocycles. The quantitative estimate of drug-likeness (QED) is 0.432. The fraction of sp³-hybridized carbons (Fsp3) is 0.0800. The summed E-state index contributed by atoms with van der Waals surface area (Å²) in [6.45, 7) is 0.248. The minimum absolute atomic E-state index is 0.0473. The Morgan fingerprint density at radius 1 is 0.971 bits per heavy atom. The molecular weight excluding hydrogens is 445 g/mol. The summed E-state index contributed by atoms with van der Waals surface area (Å²) >= 11 is 0. The van der Waals surface area contributed by atoms with Crippen molar-refractivity contribution >= 4 is 5.97 Å². The molecular formula is C25H17F3N4O2. The van der Waals surface area contributed by atoms with E-state index in [1.807, 2.05) is 24.3 Å². The monoisotopic (exact) mass is 462 g/mol. The van der Waals surface area contributed by atoms with Gasteiger partial charge in [-0.05, 0) is 53.6 Å². The highest BCUT2D eigenvalue weighted by Crippen LogP contribution is 2.31. The van der Waals surface area contributed by atoms with Crippen LogP contribution in [0.25, 0.3) is 28.1 Å². The van der Waals surface area contributed by atoms with E-state index in [0.717, 1.165) is 23.3 Å². The van der Waals surface area contributed by atoms with Crippen LogP contribution in [-0.2, 0) is 6.18 Å². The lowest BCUT2D eigenvalue weighted by Crippen LogP contribution is -2.03. The number of carboxylic acid groups (broad SMARTS) is 1. The third-order valence-corrected chi connectivity index (χ3v) is 4.98. The van der Waals surface area contributed by atoms with Crippen molar-refractivity contribution in [3.8, 4) is 39.9 Å². The molecule has 0 radical (unpaired) electrons. The fourth-order valence-corrected chi connectivity index (χ4v) is 3.28. The standard InChI is InChI=1S/C25H17F3N4O2/c26-25(27,28)21-9-7-18(8-10-21)23-15-32(31-30-23)22-13-19(12-20(14-22)24(33)34)17-5-3-16(4-6-17)2-1-11-29/h3-10,12-15H,11,29H2,(H,33,34). The molecule has 170 valence electrons. The maximum Gasteiger partial charge on any atom is 0.416 e. The molecule has 1 heterocycles. The first kappa shape index (κ1) is 22.8. The molecule has 9 heteroatoms. The fourth-order valence-electron chi connectivity index (χ4n) is 3.28. The van der Waals surface area contributed by atoms with Crippen LogP contribution >= 0.6 is 0 Å². The molecule has 4 rings (SSSR count). The molecule has 0 atom stereocenters. The SMILES string of the molecule is NCC#Cc1ccc(-c2cc(C(=O)O)cc(-n3cc(-c4ccc(C(F)(F)F)cc4)nn3)c2)cc1. The van der Waals surface area contributed by atoms with Crippen LogP contribution in [0.3, 0.4) is 0 Å². The van der Waals surface area contributed by atoms with Gasteiger partial charge in [0.25, 0.3) is 0 Å². The molecule has 0 unspecified atom stereocenters. The van der Waals surface area contributed by atoms with Gasteiger partial charge in [-0.25, -0.2) is 9.48 Å². The van der Waals surface area contributed by atoms with Crippen molar-refractivity contribution in [2.45, 2.75) is 6.18 Å². The van der Waals surface area contributed by atoms with Crippen LogP contribution in [0.15, 0.2) is 72.9 Å². The van der Waals surface area contributed by atoms with Crippen molar-refractivity contribution in [3.05, 3.63) is 89.6 Å². The van der Waals surface area contributed by atoms with Crippen molar-refractivity contribution in [1.82, 2.24) is 15.0 Å². The van der Waals surface area contributed by atoms with E-state index in [1.165, 1.54) is 29.1 Å². The molecule has 0 fully saturated rings. The van der Waals surface area contributed by atoms with E-state index in [9.17, 15) is 23.1 Å². The van der Waals surface area contributed by atoms with Gasteiger partial charge in [-0.2, -0.15) is 13.2 Å². The molecule has 34 heavy (non-hydrogen) atoms. The zero-order chi connectivity index (χ0) is 24.3. The lowest BCUT2D eigenvalue weighted by molar-refractivity contribution is -0.137. The molecule has 0 amide bonds. The van der Waals surface area contributed by atoms with Crippen molar-refractivity contribution in [2.75, 3.05) is 6.54 Å². The molecule has 0 bridgehead atoms. The van der Waals surface area contributed by atoms with Gasteiger partial charge in [0.1, 0.15) is 5.69 Å². The van der Waals surface area contributed by atoms with E-state index in [2.05, 4.69) is 22.2 Å². The van der Waals surface area contributed by atoms with E-state index < -0.39 is 17.7 Å². The third kappa shape index (κ3) is 4.98. The van der Waals surface area contributed by atoms with Gasteiger partial charge < -0.3 is 10.8 Å². The zero-order valence-electron chi connectivity index (χ0n) is 17.5. The van der Waals surface area contributed by atoms with E-state index in [-0.39, 0.29) is 12.1 Å². The molecule has 4 aromatic rings. The van der Waals surface area contributed by atoms with Crippen LogP contribution in [0.4, 0.5) is 13.2 Å². The highest BCUT2D eigenvalue weighted by atomic mass is 19.4. The van der Waals surface area contributed by atoms with Crippen LogP contribution in [-0.4, -0.2) is 32.6 Å². The third-order valence-electron chi connectivity index (χ3n) is 4.98. The Morgan fingerprint density at radius 2 is 1.65 bits per heavy atom. The van der Waals surface area contributed by atoms with E-state index in [4.69, 9.17) is 5.73 Å². The van der Waals surface area contributed by atoms with Crippen LogP contribution in [0, 0.1) is 11.8 Å². The number of aromatic nitrogens is 3. The van der Waals surface area contributed by atoms with Gasteiger partial charge in [-0.15, -0.1) is 5.10 Å². The highest BCUT2D eigenvalue weighted by Gasteiger charge is 2.30. The number of alkyl halides is 3. The number of nitrogens with zero attached hydrogens (tertiary/aromatic N) is 3. The summed E-state index contributed by atoms with van der Waals surface area (Å²) in [7, 11) is 0. The highest BCUT2D eigenvalue weighted by molar-refractivity contribution is 5.90. The van der Waals surface area contributed by atoms with Crippen molar-refractivity contribution in [2.24, 2.45) is 5.73 Å². The summed E-state index contributed by atoms with van der Waals surface area (Å²) in [6, 6.07) is 16.6. The first-order chi connectivity index (χ1) is 16.2. The Balaban J connectivity index is 1.69. The van der Waals surface area contributed by atoms with Crippen molar-refractivity contribution < 1.29 is 23.1 Å². The minimum atomic E-state index is -4.43. The van der Waals surface area contributed by atoms with Gasteiger partial charge >= 0.3 is 12.1 Å². The largest absolute Gasteiger partial charge is 0.478 e. The van der Waals surface area contributed by atoms with E-state index in [1.54, 1.807) is 12.1 Å². The van der Waals surface area contributed by atoms with Gasteiger partial charge in [0, 0.05) is 11.1 Å². The normalized spacial score (nSPS) is 11.1. The first-order valence-corrected chi connectivity index (χ1v) is 10.0. The summed E-state index contributed by atoms with van der Waals surface area (Å²) in [5.41, 5.74) is 8.09. The van der Waals surface area contributed by atoms with Gasteiger partial charge in [-0.1, -0.05) is 41.3 Å². The summed E-state index contributed by atoms with van der Waals surface area (Å²) in [4.78, 5) is 11.7. The number of carboxylic acids is 1. The second kappa shape index (κ2) is 9.21. The predicted octanol–water partition coefficient (Wildman–Crippen LogP) is 4.63. The van der Waals surface area contributed by atoms with Crippen molar-refractivity contribution in [1.29, 1.82) is 0 Å². The molecule has 0 aliphatic carbocycles. The molecule has 0 aliphatic rings. The number of rotatable bonds is 4. The lowest BCUT2D eigenvalue weighted by atomic mass is 10.0. The Morgan fingerprint density at radius 3 is 2.26 bits per heavy atom. The van der Waals surface area contributed by atoms with Crippen LogP contribution < -0.4 is 5.73 Å². The molecule has 6 nitrogen and oxygen atoms in total. The number of benzene rings is 3. The topological polar surface area (TPSA) is 94.0 Å². The number of hydrogen-bond donors (Lipinski definition) is 2. The summed E-state index contributed by atoms with van der Waals surface area (Å²) in [5.74, 6) is 4.58. The predicted molar refractivity (Wildman–Crippen MR) is 120 cm³/mol. The molecule has 0 aliphatic heterocycles. The van der Waals surface area contributed by atoms with Crippen LogP contribution in [0.1, 0.15) is 21.5 Å². The average Bonchev–Trinajstić information content (AvgIpc) is 3.33. The number of nitrogens with two attached hydrogens (primary N) is 1. The van der Waals surface area contributed by atoms with E-state index >= 15 is 0 Å². The smallest absolute Gasteiger partial charge is 0.416 e. The first-order valence-electron chi connectivity index (χ1n) is 10.0. The van der Waals surface area contributed by atoms with Gasteiger partial charge in [0.05, 0.1) is 29.6 Å². The number of halogens is 3. The van der Waals surface area contributed by atoms with Crippen molar-refractivity contribution in [3.63, 3.8) is 0 Å². The lowest BCUT2D eigenvalue weighted by Gasteiger charge is -2.08. The number of hydrogen-bond acceptors (Lipinski definition) is 4. The van der Waals surface area contributed by atoms with Gasteiger partial charge in [0.15, 0.2) is 0 Å². The van der Waals surface area contributed by atoms with Crippen LogP contribution in [0.5, 0.6) is 0 Å².